The Balaban J connectivity index is 2.01. The largest absolute Gasteiger partial charge is 0.240 e. The van der Waals surface area contributed by atoms with E-state index in [4.69, 9.17) is 0 Å². The molecule has 3 aromatic rings. The summed E-state index contributed by atoms with van der Waals surface area (Å²) in [6, 6.07) is 12.8. The lowest BCUT2D eigenvalue weighted by Crippen LogP contribution is -2.02. The molecular formula is C16H17N3. The summed E-state index contributed by atoms with van der Waals surface area (Å²) in [5, 5.41) is 8.51. The lowest BCUT2D eigenvalue weighted by Gasteiger charge is -2.05. The number of benzene rings is 2. The molecule has 96 valence electrons. The third-order valence-corrected chi connectivity index (χ3v) is 3.58. The zero-order chi connectivity index (χ0) is 13.4. The van der Waals surface area contributed by atoms with Crippen LogP contribution in [-0.2, 0) is 6.54 Å². The average molecular weight is 251 g/mol. The highest BCUT2D eigenvalue weighted by Crippen LogP contribution is 2.18. The molecule has 0 spiro atoms. The minimum atomic E-state index is 0.763. The normalized spacial score (nSPS) is 11.1. The Hall–Kier alpha value is -2.16. The number of aryl methyl sites for hydroxylation is 3. The number of aromatic nitrogens is 3. The van der Waals surface area contributed by atoms with Crippen LogP contribution in [0.5, 0.6) is 0 Å². The first-order valence-electron chi connectivity index (χ1n) is 6.49. The van der Waals surface area contributed by atoms with Gasteiger partial charge in [0.2, 0.25) is 0 Å². The van der Waals surface area contributed by atoms with Crippen LogP contribution in [-0.4, -0.2) is 15.0 Å². The molecule has 0 N–H and O–H groups in total. The molecule has 0 bridgehead atoms. The quantitative estimate of drug-likeness (QED) is 0.699. The first-order valence-corrected chi connectivity index (χ1v) is 6.49. The van der Waals surface area contributed by atoms with E-state index in [0.29, 0.717) is 0 Å². The van der Waals surface area contributed by atoms with Gasteiger partial charge in [0.1, 0.15) is 5.52 Å². The second-order valence-corrected chi connectivity index (χ2v) is 5.16. The molecule has 3 rings (SSSR count). The maximum atomic E-state index is 4.26. The topological polar surface area (TPSA) is 30.7 Å². The molecule has 0 saturated heterocycles. The molecule has 0 radical (unpaired) electrons. The van der Waals surface area contributed by atoms with Gasteiger partial charge in [-0.1, -0.05) is 35.0 Å². The summed E-state index contributed by atoms with van der Waals surface area (Å²) in [5.41, 5.74) is 7.13. The number of rotatable bonds is 2. The molecule has 0 fully saturated rings. The monoisotopic (exact) mass is 251 g/mol. The molecular weight excluding hydrogens is 234 g/mol. The Morgan fingerprint density at radius 1 is 0.947 bits per heavy atom. The van der Waals surface area contributed by atoms with Crippen LogP contribution in [0.15, 0.2) is 36.4 Å². The minimum absolute atomic E-state index is 0.763. The Kier molecular flexibility index (Phi) is 2.82. The molecule has 3 heteroatoms. The van der Waals surface area contributed by atoms with E-state index in [0.717, 1.165) is 17.6 Å². The fourth-order valence-corrected chi connectivity index (χ4v) is 2.21. The lowest BCUT2D eigenvalue weighted by atomic mass is 10.1. The molecule has 0 unspecified atom stereocenters. The van der Waals surface area contributed by atoms with E-state index < -0.39 is 0 Å². The van der Waals surface area contributed by atoms with Gasteiger partial charge < -0.3 is 0 Å². The second-order valence-electron chi connectivity index (χ2n) is 5.16. The van der Waals surface area contributed by atoms with Gasteiger partial charge in [-0.2, -0.15) is 0 Å². The average Bonchev–Trinajstić information content (AvgIpc) is 2.76. The van der Waals surface area contributed by atoms with E-state index in [2.05, 4.69) is 67.5 Å². The third-order valence-electron chi connectivity index (χ3n) is 3.58. The predicted molar refractivity (Wildman–Crippen MR) is 77.3 cm³/mol. The van der Waals surface area contributed by atoms with Crippen LogP contribution >= 0.6 is 0 Å². The summed E-state index contributed by atoms with van der Waals surface area (Å²) >= 11 is 0. The summed E-state index contributed by atoms with van der Waals surface area (Å²) in [5.74, 6) is 0. The van der Waals surface area contributed by atoms with Gasteiger partial charge in [-0.15, -0.1) is 5.10 Å². The fraction of sp³-hybridized carbons (Fsp3) is 0.250. The maximum absolute atomic E-state index is 4.26. The number of hydrogen-bond acceptors (Lipinski definition) is 2. The first-order chi connectivity index (χ1) is 9.13. The molecule has 19 heavy (non-hydrogen) atoms. The number of nitrogens with zero attached hydrogens (tertiary/aromatic N) is 3. The molecule has 0 amide bonds. The van der Waals surface area contributed by atoms with E-state index in [1.807, 2.05) is 4.68 Å². The SMILES string of the molecule is Cc1ccc(Cn2nnc3cc(C)c(C)cc32)cc1. The smallest absolute Gasteiger partial charge is 0.113 e. The number of fused-ring (bicyclic) bond motifs is 1. The molecule has 0 saturated carbocycles. The fourth-order valence-electron chi connectivity index (χ4n) is 2.21. The van der Waals surface area contributed by atoms with Gasteiger partial charge in [0.15, 0.2) is 0 Å². The van der Waals surface area contributed by atoms with Crippen molar-refractivity contribution in [2.45, 2.75) is 27.3 Å². The van der Waals surface area contributed by atoms with Crippen LogP contribution in [0.2, 0.25) is 0 Å². The van der Waals surface area contributed by atoms with Gasteiger partial charge >= 0.3 is 0 Å². The summed E-state index contributed by atoms with van der Waals surface area (Å²) in [6.07, 6.45) is 0. The molecule has 0 aliphatic rings. The van der Waals surface area contributed by atoms with Crippen molar-refractivity contribution in [1.82, 2.24) is 15.0 Å². The van der Waals surface area contributed by atoms with E-state index in [1.165, 1.54) is 22.3 Å². The summed E-state index contributed by atoms with van der Waals surface area (Å²) < 4.78 is 1.96. The lowest BCUT2D eigenvalue weighted by molar-refractivity contribution is 0.669. The summed E-state index contributed by atoms with van der Waals surface area (Å²) in [4.78, 5) is 0. The Labute approximate surface area is 112 Å². The van der Waals surface area contributed by atoms with Crippen LogP contribution in [0, 0.1) is 20.8 Å². The van der Waals surface area contributed by atoms with E-state index in [9.17, 15) is 0 Å². The molecule has 3 nitrogen and oxygen atoms in total. The van der Waals surface area contributed by atoms with Crippen LogP contribution in [0.25, 0.3) is 11.0 Å². The van der Waals surface area contributed by atoms with E-state index >= 15 is 0 Å². The standard InChI is InChI=1S/C16H17N3/c1-11-4-6-14(7-5-11)10-19-16-9-13(3)12(2)8-15(16)17-18-19/h4-9H,10H2,1-3H3. The first kappa shape index (κ1) is 11.9. The highest BCUT2D eigenvalue weighted by Gasteiger charge is 2.07. The van der Waals surface area contributed by atoms with Crippen molar-refractivity contribution in [2.24, 2.45) is 0 Å². The Bertz CT molecular complexity index is 724. The second kappa shape index (κ2) is 4.50. The van der Waals surface area contributed by atoms with Gasteiger partial charge in [0.25, 0.3) is 0 Å². The maximum Gasteiger partial charge on any atom is 0.113 e. The minimum Gasteiger partial charge on any atom is -0.240 e. The van der Waals surface area contributed by atoms with Gasteiger partial charge in [-0.3, -0.25) is 0 Å². The Morgan fingerprint density at radius 3 is 2.37 bits per heavy atom. The summed E-state index contributed by atoms with van der Waals surface area (Å²) in [6.45, 7) is 7.09. The Morgan fingerprint density at radius 2 is 1.63 bits per heavy atom. The molecule has 1 heterocycles. The molecule has 1 aromatic heterocycles. The number of hydrogen-bond donors (Lipinski definition) is 0. The van der Waals surface area contributed by atoms with Gasteiger partial charge in [0.05, 0.1) is 12.1 Å². The van der Waals surface area contributed by atoms with Gasteiger partial charge in [0, 0.05) is 0 Å². The van der Waals surface area contributed by atoms with Crippen molar-refractivity contribution in [3.05, 3.63) is 58.7 Å². The van der Waals surface area contributed by atoms with Crippen LogP contribution in [0.1, 0.15) is 22.3 Å². The van der Waals surface area contributed by atoms with Gasteiger partial charge in [-0.05, 0) is 49.6 Å². The van der Waals surface area contributed by atoms with Crippen molar-refractivity contribution >= 4 is 11.0 Å². The van der Waals surface area contributed by atoms with Gasteiger partial charge in [-0.25, -0.2) is 4.68 Å². The highest BCUT2D eigenvalue weighted by molar-refractivity contribution is 5.76. The van der Waals surface area contributed by atoms with Crippen molar-refractivity contribution in [2.75, 3.05) is 0 Å². The zero-order valence-electron chi connectivity index (χ0n) is 11.5. The van der Waals surface area contributed by atoms with E-state index in [1.54, 1.807) is 0 Å². The molecule has 0 aliphatic carbocycles. The third kappa shape index (κ3) is 2.24. The molecule has 0 aliphatic heterocycles. The molecule has 2 aromatic carbocycles. The van der Waals surface area contributed by atoms with Crippen molar-refractivity contribution in [1.29, 1.82) is 0 Å². The summed E-state index contributed by atoms with van der Waals surface area (Å²) in [7, 11) is 0. The van der Waals surface area contributed by atoms with Crippen LogP contribution in [0.4, 0.5) is 0 Å². The van der Waals surface area contributed by atoms with Crippen molar-refractivity contribution < 1.29 is 0 Å². The highest BCUT2D eigenvalue weighted by atomic mass is 15.4. The van der Waals surface area contributed by atoms with Crippen LogP contribution in [0.3, 0.4) is 0 Å². The van der Waals surface area contributed by atoms with Crippen molar-refractivity contribution in [3.8, 4) is 0 Å². The predicted octanol–water partition coefficient (Wildman–Crippen LogP) is 3.40. The molecule has 0 atom stereocenters. The van der Waals surface area contributed by atoms with Crippen LogP contribution < -0.4 is 0 Å². The zero-order valence-corrected chi connectivity index (χ0v) is 11.5. The van der Waals surface area contributed by atoms with E-state index in [-0.39, 0.29) is 0 Å². The van der Waals surface area contributed by atoms with Crippen molar-refractivity contribution in [3.63, 3.8) is 0 Å².